The molecule has 0 aliphatic rings. The molecule has 0 atom stereocenters. The minimum atomic E-state index is 0. The van der Waals surface area contributed by atoms with Gasteiger partial charge in [-0.2, -0.15) is 0 Å². The quantitative estimate of drug-likeness (QED) is 0.230. The minimum Gasteiger partial charge on any atom is -2.00 e. The summed E-state index contributed by atoms with van der Waals surface area (Å²) in [5.74, 6) is 0. The first-order valence-corrected chi connectivity index (χ1v) is 0. The van der Waals surface area contributed by atoms with Gasteiger partial charge in [-0.25, -0.2) is 0 Å². The summed E-state index contributed by atoms with van der Waals surface area (Å²) in [6.45, 7) is 0. The van der Waals surface area contributed by atoms with Crippen LogP contribution in [0.25, 0.3) is 0 Å². The molecule has 14 heavy (non-hydrogen) atoms. The molecule has 0 saturated heterocycles. The standard InChI is InChI=1S/2Cr.8O.4Tl/q2*+2;8*-2;4*+3. The fraction of sp³-hybridized carbons (Fsp3) is 0. The van der Waals surface area contributed by atoms with E-state index < -0.39 is 0 Å². The zero-order valence-electron chi connectivity index (χ0n) is 6.39. The molecule has 0 saturated carbocycles. The molecule has 72 valence electrons. The van der Waals surface area contributed by atoms with Crippen molar-refractivity contribution in [1.82, 2.24) is 0 Å². The Kier molecular flexibility index (Phi) is 4880. The Morgan fingerprint density at radius 2 is 0.214 bits per heavy atom. The molecule has 0 aromatic heterocycles. The van der Waals surface area contributed by atoms with Crippen LogP contribution in [0.1, 0.15) is 0 Å². The smallest absolute Gasteiger partial charge is 2.00 e. The summed E-state index contributed by atoms with van der Waals surface area (Å²) in [5, 5.41) is 0. The molecule has 0 aliphatic carbocycles. The van der Waals surface area contributed by atoms with Gasteiger partial charge in [0.15, 0.2) is 0 Å². The second-order valence-corrected chi connectivity index (χ2v) is 0. The van der Waals surface area contributed by atoms with Gasteiger partial charge in [0.05, 0.1) is 0 Å². The van der Waals surface area contributed by atoms with Crippen LogP contribution >= 0.6 is 0 Å². The van der Waals surface area contributed by atoms with E-state index in [0.717, 1.165) is 0 Å². The Balaban J connectivity index is 0. The van der Waals surface area contributed by atoms with Crippen molar-refractivity contribution in [2.45, 2.75) is 0 Å². The Morgan fingerprint density at radius 1 is 0.214 bits per heavy atom. The van der Waals surface area contributed by atoms with E-state index in [0.29, 0.717) is 0 Å². The maximum Gasteiger partial charge on any atom is 3.00 e. The Morgan fingerprint density at radius 3 is 0.214 bits per heavy atom. The first-order valence-electron chi connectivity index (χ1n) is 0. The van der Waals surface area contributed by atoms with Crippen molar-refractivity contribution in [3.63, 3.8) is 0 Å². The molecule has 0 aromatic carbocycles. The average Bonchev–Trinajstić information content (AvgIpc) is 0. The summed E-state index contributed by atoms with van der Waals surface area (Å²) in [7, 11) is 0. The zero-order chi connectivity index (χ0) is 0. The van der Waals surface area contributed by atoms with Crippen LogP contribution < -0.4 is 0 Å². The van der Waals surface area contributed by atoms with Gasteiger partial charge in [0, 0.05) is 0 Å². The Bertz CT molecular complexity index is 19.3. The van der Waals surface area contributed by atoms with Crippen molar-refractivity contribution in [3.8, 4) is 0 Å². The monoisotopic (exact) mass is 1050 g/mol. The van der Waals surface area contributed by atoms with Gasteiger partial charge in [-0.1, -0.05) is 0 Å². The summed E-state index contributed by atoms with van der Waals surface area (Å²) >= 11 is 0. The summed E-state index contributed by atoms with van der Waals surface area (Å²) < 4.78 is 0. The van der Waals surface area contributed by atoms with Gasteiger partial charge < -0.3 is 43.8 Å². The second-order valence-electron chi connectivity index (χ2n) is 0. The number of hydrogen-bond donors (Lipinski definition) is 0. The van der Waals surface area contributed by atoms with E-state index in [1.54, 1.807) is 0 Å². The normalized spacial score (nSPS) is 0. The Hall–Kier alpha value is 4.43. The summed E-state index contributed by atoms with van der Waals surface area (Å²) in [6, 6.07) is 0. The van der Waals surface area contributed by atoms with E-state index in [1.807, 2.05) is 0 Å². The average molecular weight is 1050 g/mol. The maximum absolute atomic E-state index is 0. The molecule has 0 rings (SSSR count). The van der Waals surface area contributed by atoms with Gasteiger partial charge in [-0.05, 0) is 0 Å². The molecular formula is Cr2O8Tl4. The van der Waals surface area contributed by atoms with Crippen molar-refractivity contribution in [1.29, 1.82) is 0 Å². The van der Waals surface area contributed by atoms with Crippen LogP contribution in [-0.2, 0) is 78.5 Å². The van der Waals surface area contributed by atoms with Crippen LogP contribution in [0.5, 0.6) is 0 Å². The maximum atomic E-state index is 0. The molecule has 0 aliphatic heterocycles. The van der Waals surface area contributed by atoms with E-state index in [1.165, 1.54) is 0 Å². The fourth-order valence-electron chi connectivity index (χ4n) is 0. The largest absolute Gasteiger partial charge is 3.00 e. The SMILES string of the molecule is [Cr+2].[Cr+2].[O-2].[O-2].[O-2].[O-2].[O-2].[O-2].[O-2].[O-2].[Tl+3].[Tl+3].[Tl+3].[Tl+3]. The fourth-order valence-corrected chi connectivity index (χ4v) is 0. The predicted octanol–water partition coefficient (Wildman–Crippen LogP) is -2.48. The third kappa shape index (κ3) is 199. The van der Waals surface area contributed by atoms with E-state index >= 15 is 0 Å². The van der Waals surface area contributed by atoms with Gasteiger partial charge in [-0.3, -0.25) is 0 Å². The van der Waals surface area contributed by atoms with Gasteiger partial charge in [-0.15, -0.1) is 0 Å². The van der Waals surface area contributed by atoms with Crippen molar-refractivity contribution in [2.24, 2.45) is 0 Å². The molecule has 0 heterocycles. The molecule has 0 bridgehead atoms. The van der Waals surface area contributed by atoms with E-state index in [-0.39, 0.29) is 188 Å². The van der Waals surface area contributed by atoms with Crippen LogP contribution in [0.15, 0.2) is 0 Å². The van der Waals surface area contributed by atoms with Crippen LogP contribution in [-0.4, -0.2) is 109 Å². The first-order chi connectivity index (χ1) is 0. The minimum absolute atomic E-state index is 0. The predicted molar refractivity (Wildman–Crippen MR) is 28.5 cm³/mol. The van der Waals surface area contributed by atoms with Crippen LogP contribution in [0.4, 0.5) is 0 Å². The van der Waals surface area contributed by atoms with E-state index in [2.05, 4.69) is 0 Å². The third-order valence-electron chi connectivity index (χ3n) is 0. The molecule has 0 unspecified atom stereocenters. The third-order valence-corrected chi connectivity index (χ3v) is 0. The zero-order valence-corrected chi connectivity index (χ0v) is 26.9. The molecule has 8 nitrogen and oxygen atoms in total. The van der Waals surface area contributed by atoms with Crippen LogP contribution in [0.3, 0.4) is 0 Å². The van der Waals surface area contributed by atoms with Crippen molar-refractivity contribution >= 4 is 109 Å². The summed E-state index contributed by atoms with van der Waals surface area (Å²) in [4.78, 5) is 0. The molecule has 0 spiro atoms. The second kappa shape index (κ2) is 240. The molecule has 14 heteroatoms. The Labute approximate surface area is 184 Å². The number of rotatable bonds is 0. The topological polar surface area (TPSA) is 228 Å². The molecule has 0 fully saturated rings. The molecular weight excluding hydrogens is 1050 g/mol. The van der Waals surface area contributed by atoms with Crippen LogP contribution in [0, 0.1) is 0 Å². The van der Waals surface area contributed by atoms with Crippen molar-refractivity contribution in [3.05, 3.63) is 0 Å². The molecule has 0 N–H and O–H groups in total. The van der Waals surface area contributed by atoms with Gasteiger partial charge in [0.25, 0.3) is 0 Å². The van der Waals surface area contributed by atoms with Crippen molar-refractivity contribution < 1.29 is 78.5 Å². The molecule has 0 radical (unpaired) electrons. The van der Waals surface area contributed by atoms with Gasteiger partial charge in [0.2, 0.25) is 0 Å². The first kappa shape index (κ1) is 285. The summed E-state index contributed by atoms with van der Waals surface area (Å²) in [6.07, 6.45) is 0. The van der Waals surface area contributed by atoms with Crippen molar-refractivity contribution in [2.75, 3.05) is 0 Å². The molecule has 0 amide bonds. The van der Waals surface area contributed by atoms with Gasteiger partial charge >= 0.3 is 144 Å². The van der Waals surface area contributed by atoms with E-state index in [9.17, 15) is 0 Å². The summed E-state index contributed by atoms with van der Waals surface area (Å²) in [5.41, 5.74) is 0. The van der Waals surface area contributed by atoms with Crippen LogP contribution in [0.2, 0.25) is 0 Å². The number of hydrogen-bond acceptors (Lipinski definition) is 0. The molecule has 0 aromatic rings. The van der Waals surface area contributed by atoms with Gasteiger partial charge in [0.1, 0.15) is 0 Å². The van der Waals surface area contributed by atoms with E-state index in [4.69, 9.17) is 0 Å².